The lowest BCUT2D eigenvalue weighted by Crippen LogP contribution is -2.20. The molecular formula is C11H10F4N2. The molecule has 0 amide bonds. The Balaban J connectivity index is 2.21. The van der Waals surface area contributed by atoms with Crippen molar-refractivity contribution in [1.29, 1.82) is 0 Å². The van der Waals surface area contributed by atoms with Gasteiger partial charge in [-0.05, 0) is 17.7 Å². The first-order valence-corrected chi connectivity index (χ1v) is 4.96. The Hall–Kier alpha value is -1.72. The van der Waals surface area contributed by atoms with Crippen LogP contribution in [0.2, 0.25) is 0 Å². The number of hydrogen-bond donors (Lipinski definition) is 1. The van der Waals surface area contributed by atoms with E-state index in [1.165, 1.54) is 6.07 Å². The van der Waals surface area contributed by atoms with Crippen molar-refractivity contribution in [2.24, 2.45) is 0 Å². The molecule has 2 nitrogen and oxygen atoms in total. The van der Waals surface area contributed by atoms with Crippen molar-refractivity contribution in [2.45, 2.75) is 12.7 Å². The van der Waals surface area contributed by atoms with Crippen LogP contribution in [-0.2, 0) is 12.7 Å². The van der Waals surface area contributed by atoms with Crippen LogP contribution in [0.15, 0.2) is 30.6 Å². The third kappa shape index (κ3) is 2.69. The molecule has 0 atom stereocenters. The number of halogens is 4. The highest BCUT2D eigenvalue weighted by molar-refractivity contribution is 5.27. The number of hydrogen-bond acceptors (Lipinski definition) is 2. The molecule has 0 fully saturated rings. The van der Waals surface area contributed by atoms with Crippen LogP contribution in [0, 0.1) is 5.82 Å². The standard InChI is InChI=1S/C11H10F4N2/c12-10-2-1-8(5-9(10)11(13,14)15)6-17-4-3-16-7-17/h1-5,16H,6-7H2. The van der Waals surface area contributed by atoms with E-state index >= 15 is 0 Å². The predicted molar refractivity (Wildman–Crippen MR) is 54.1 cm³/mol. The van der Waals surface area contributed by atoms with E-state index in [1.807, 2.05) is 0 Å². The summed E-state index contributed by atoms with van der Waals surface area (Å²) in [4.78, 5) is 1.79. The molecule has 0 aliphatic carbocycles. The van der Waals surface area contributed by atoms with E-state index in [4.69, 9.17) is 0 Å². The first kappa shape index (κ1) is 11.8. The van der Waals surface area contributed by atoms with Crippen LogP contribution in [0.4, 0.5) is 17.6 Å². The molecular weight excluding hydrogens is 236 g/mol. The average Bonchev–Trinajstić information content (AvgIpc) is 2.72. The number of nitrogens with zero attached hydrogens (tertiary/aromatic N) is 1. The minimum absolute atomic E-state index is 0.312. The molecule has 0 bridgehead atoms. The van der Waals surface area contributed by atoms with Gasteiger partial charge in [-0.3, -0.25) is 0 Å². The van der Waals surface area contributed by atoms with Gasteiger partial charge >= 0.3 is 6.18 Å². The summed E-state index contributed by atoms with van der Waals surface area (Å²) in [5.74, 6) is -1.24. The molecule has 0 aromatic heterocycles. The lowest BCUT2D eigenvalue weighted by atomic mass is 10.1. The van der Waals surface area contributed by atoms with Crippen LogP contribution in [-0.4, -0.2) is 11.6 Å². The summed E-state index contributed by atoms with van der Waals surface area (Å²) in [5.41, 5.74) is -0.793. The van der Waals surface area contributed by atoms with Crippen molar-refractivity contribution in [2.75, 3.05) is 6.67 Å². The molecule has 1 N–H and O–H groups in total. The number of rotatable bonds is 2. The van der Waals surface area contributed by atoms with Gasteiger partial charge in [-0.2, -0.15) is 13.2 Å². The highest BCUT2D eigenvalue weighted by atomic mass is 19.4. The molecule has 0 unspecified atom stereocenters. The van der Waals surface area contributed by atoms with Crippen LogP contribution < -0.4 is 5.32 Å². The predicted octanol–water partition coefficient (Wildman–Crippen LogP) is 2.68. The first-order valence-electron chi connectivity index (χ1n) is 4.96. The maximum Gasteiger partial charge on any atom is 0.419 e. The Morgan fingerprint density at radius 3 is 2.65 bits per heavy atom. The summed E-state index contributed by atoms with van der Waals surface area (Å²) in [6.45, 7) is 0.853. The third-order valence-corrected chi connectivity index (χ3v) is 2.42. The fourth-order valence-electron chi connectivity index (χ4n) is 1.61. The lowest BCUT2D eigenvalue weighted by molar-refractivity contribution is -0.140. The van der Waals surface area contributed by atoms with Crippen molar-refractivity contribution in [3.63, 3.8) is 0 Å². The Labute approximate surface area is 95.5 Å². The zero-order chi connectivity index (χ0) is 12.5. The van der Waals surface area contributed by atoms with Gasteiger partial charge in [-0.15, -0.1) is 0 Å². The van der Waals surface area contributed by atoms with Gasteiger partial charge in [0, 0.05) is 18.9 Å². The van der Waals surface area contributed by atoms with Crippen molar-refractivity contribution < 1.29 is 17.6 Å². The van der Waals surface area contributed by atoms with Crippen LogP contribution in [0.5, 0.6) is 0 Å². The maximum absolute atomic E-state index is 13.0. The second-order valence-electron chi connectivity index (χ2n) is 3.74. The molecule has 1 heterocycles. The molecule has 1 aliphatic rings. The smallest absolute Gasteiger partial charge is 0.373 e. The molecule has 0 spiro atoms. The van der Waals surface area contributed by atoms with E-state index in [0.29, 0.717) is 18.8 Å². The fraction of sp³-hybridized carbons (Fsp3) is 0.273. The van der Waals surface area contributed by atoms with E-state index in [0.717, 1.165) is 12.1 Å². The average molecular weight is 246 g/mol. The molecule has 6 heteroatoms. The number of nitrogens with one attached hydrogen (secondary N) is 1. The van der Waals surface area contributed by atoms with Crippen molar-refractivity contribution in [3.8, 4) is 0 Å². The Bertz CT molecular complexity index is 440. The molecule has 1 aliphatic heterocycles. The van der Waals surface area contributed by atoms with Crippen molar-refractivity contribution in [1.82, 2.24) is 10.2 Å². The second kappa shape index (κ2) is 4.27. The normalized spacial score (nSPS) is 15.2. The Kier molecular flexibility index (Phi) is 2.95. The fourth-order valence-corrected chi connectivity index (χ4v) is 1.61. The second-order valence-corrected chi connectivity index (χ2v) is 3.74. The van der Waals surface area contributed by atoms with Gasteiger partial charge in [0.2, 0.25) is 0 Å². The Morgan fingerprint density at radius 2 is 2.06 bits per heavy atom. The summed E-state index contributed by atoms with van der Waals surface area (Å²) < 4.78 is 50.4. The molecule has 0 saturated heterocycles. The number of benzene rings is 1. The van der Waals surface area contributed by atoms with E-state index in [2.05, 4.69) is 5.32 Å². The summed E-state index contributed by atoms with van der Waals surface area (Å²) in [6.07, 6.45) is -1.22. The van der Waals surface area contributed by atoms with Crippen LogP contribution in [0.1, 0.15) is 11.1 Å². The number of alkyl halides is 3. The SMILES string of the molecule is Fc1ccc(CN2C=CNC2)cc1C(F)(F)F. The molecule has 0 radical (unpaired) electrons. The minimum Gasteiger partial charge on any atom is -0.373 e. The lowest BCUT2D eigenvalue weighted by Gasteiger charge is -2.16. The minimum atomic E-state index is -4.65. The summed E-state index contributed by atoms with van der Waals surface area (Å²) in [6, 6.07) is 3.06. The molecule has 92 valence electrons. The van der Waals surface area contributed by atoms with Crippen LogP contribution >= 0.6 is 0 Å². The van der Waals surface area contributed by atoms with Gasteiger partial charge in [-0.25, -0.2) is 4.39 Å². The van der Waals surface area contributed by atoms with Gasteiger partial charge < -0.3 is 10.2 Å². The van der Waals surface area contributed by atoms with Gasteiger partial charge in [0.1, 0.15) is 5.82 Å². The van der Waals surface area contributed by atoms with Gasteiger partial charge in [0.15, 0.2) is 0 Å². The highest BCUT2D eigenvalue weighted by Gasteiger charge is 2.34. The molecule has 1 aromatic carbocycles. The van der Waals surface area contributed by atoms with Crippen molar-refractivity contribution in [3.05, 3.63) is 47.5 Å². The van der Waals surface area contributed by atoms with Gasteiger partial charge in [0.25, 0.3) is 0 Å². The highest BCUT2D eigenvalue weighted by Crippen LogP contribution is 2.32. The van der Waals surface area contributed by atoms with Gasteiger partial charge in [-0.1, -0.05) is 6.07 Å². The van der Waals surface area contributed by atoms with E-state index in [-0.39, 0.29) is 0 Å². The molecule has 17 heavy (non-hydrogen) atoms. The topological polar surface area (TPSA) is 15.3 Å². The van der Waals surface area contributed by atoms with Crippen molar-refractivity contribution >= 4 is 0 Å². The first-order chi connectivity index (χ1) is 7.97. The van der Waals surface area contributed by atoms with E-state index in [9.17, 15) is 17.6 Å². The molecule has 0 saturated carbocycles. The zero-order valence-electron chi connectivity index (χ0n) is 8.76. The monoisotopic (exact) mass is 246 g/mol. The quantitative estimate of drug-likeness (QED) is 0.807. The third-order valence-electron chi connectivity index (χ3n) is 2.42. The largest absolute Gasteiger partial charge is 0.419 e. The van der Waals surface area contributed by atoms with E-state index < -0.39 is 17.6 Å². The molecule has 1 aromatic rings. The van der Waals surface area contributed by atoms with Crippen LogP contribution in [0.3, 0.4) is 0 Å². The van der Waals surface area contributed by atoms with E-state index in [1.54, 1.807) is 17.3 Å². The maximum atomic E-state index is 13.0. The zero-order valence-corrected chi connectivity index (χ0v) is 8.76. The van der Waals surface area contributed by atoms with Gasteiger partial charge in [0.05, 0.1) is 12.2 Å². The summed E-state index contributed by atoms with van der Waals surface area (Å²) in [5, 5.41) is 2.90. The molecule has 2 rings (SSSR count). The Morgan fingerprint density at radius 1 is 1.29 bits per heavy atom. The summed E-state index contributed by atoms with van der Waals surface area (Å²) >= 11 is 0. The van der Waals surface area contributed by atoms with Crippen LogP contribution in [0.25, 0.3) is 0 Å². The summed E-state index contributed by atoms with van der Waals surface area (Å²) in [7, 11) is 0.